The van der Waals surface area contributed by atoms with Crippen LogP contribution in [0.2, 0.25) is 0 Å². The molecule has 2 amide bonds. The first-order valence-electron chi connectivity index (χ1n) is 10.5. The van der Waals surface area contributed by atoms with E-state index in [-0.39, 0.29) is 17.6 Å². The highest BCUT2D eigenvalue weighted by Crippen LogP contribution is 2.14. The van der Waals surface area contributed by atoms with Crippen molar-refractivity contribution >= 4 is 17.5 Å². The highest BCUT2D eigenvalue weighted by molar-refractivity contribution is 5.94. The number of carbonyl (C=O) groups is 2. The van der Waals surface area contributed by atoms with Crippen molar-refractivity contribution in [2.75, 3.05) is 44.6 Å². The molecule has 0 radical (unpaired) electrons. The fourth-order valence-corrected chi connectivity index (χ4v) is 3.38. The number of halogens is 1. The SMILES string of the molecule is CCCCOc1ccc(C(=O)N2CC[NH+](CC(=O)Nc3ccc(F)cc3)CC2)cc1. The molecule has 0 bridgehead atoms. The van der Waals surface area contributed by atoms with Gasteiger partial charge in [0, 0.05) is 11.3 Å². The van der Waals surface area contributed by atoms with Crippen LogP contribution in [0.15, 0.2) is 48.5 Å². The third kappa shape index (κ3) is 6.29. The van der Waals surface area contributed by atoms with E-state index in [2.05, 4.69) is 12.2 Å². The number of hydrogen-bond acceptors (Lipinski definition) is 3. The Hall–Kier alpha value is -2.93. The lowest BCUT2D eigenvalue weighted by Crippen LogP contribution is -3.15. The minimum atomic E-state index is -0.335. The van der Waals surface area contributed by atoms with Gasteiger partial charge in [-0.1, -0.05) is 13.3 Å². The van der Waals surface area contributed by atoms with Gasteiger partial charge in [0.05, 0.1) is 32.8 Å². The summed E-state index contributed by atoms with van der Waals surface area (Å²) in [5.74, 6) is 0.333. The number of nitrogens with zero attached hydrogens (tertiary/aromatic N) is 1. The second-order valence-corrected chi connectivity index (χ2v) is 7.50. The van der Waals surface area contributed by atoms with Crippen molar-refractivity contribution in [1.29, 1.82) is 0 Å². The van der Waals surface area contributed by atoms with Gasteiger partial charge in [0.1, 0.15) is 11.6 Å². The van der Waals surface area contributed by atoms with Crippen LogP contribution in [0.3, 0.4) is 0 Å². The Kier molecular flexibility index (Phi) is 7.79. The lowest BCUT2D eigenvalue weighted by molar-refractivity contribution is -0.895. The van der Waals surface area contributed by atoms with Crippen molar-refractivity contribution in [3.8, 4) is 5.75 Å². The lowest BCUT2D eigenvalue weighted by atomic mass is 10.1. The molecule has 3 rings (SSSR count). The van der Waals surface area contributed by atoms with Gasteiger partial charge >= 0.3 is 0 Å². The summed E-state index contributed by atoms with van der Waals surface area (Å²) in [6.07, 6.45) is 2.09. The number of rotatable bonds is 8. The summed E-state index contributed by atoms with van der Waals surface area (Å²) in [5.41, 5.74) is 1.23. The predicted molar refractivity (Wildman–Crippen MR) is 113 cm³/mol. The first-order chi connectivity index (χ1) is 14.5. The van der Waals surface area contributed by atoms with Crippen molar-refractivity contribution in [3.63, 3.8) is 0 Å². The highest BCUT2D eigenvalue weighted by Gasteiger charge is 2.26. The fourth-order valence-electron chi connectivity index (χ4n) is 3.38. The quantitative estimate of drug-likeness (QED) is 0.650. The summed E-state index contributed by atoms with van der Waals surface area (Å²) in [7, 11) is 0. The number of benzene rings is 2. The van der Waals surface area contributed by atoms with Crippen molar-refractivity contribution in [2.45, 2.75) is 19.8 Å². The average molecular weight is 415 g/mol. The molecular formula is C23H29FN3O3+. The average Bonchev–Trinajstić information content (AvgIpc) is 2.76. The first-order valence-corrected chi connectivity index (χ1v) is 10.5. The second kappa shape index (κ2) is 10.7. The number of carbonyl (C=O) groups excluding carboxylic acids is 2. The third-order valence-corrected chi connectivity index (χ3v) is 5.16. The number of ether oxygens (including phenoxy) is 1. The van der Waals surface area contributed by atoms with Crippen LogP contribution < -0.4 is 15.0 Å². The topological polar surface area (TPSA) is 63.1 Å². The van der Waals surface area contributed by atoms with E-state index in [1.165, 1.54) is 12.1 Å². The number of piperazine rings is 1. The van der Waals surface area contributed by atoms with Gasteiger partial charge in [-0.2, -0.15) is 0 Å². The summed E-state index contributed by atoms with van der Waals surface area (Å²) in [4.78, 5) is 27.9. The summed E-state index contributed by atoms with van der Waals surface area (Å²) >= 11 is 0. The van der Waals surface area contributed by atoms with Gasteiger partial charge in [0.25, 0.3) is 11.8 Å². The Balaban J connectivity index is 1.43. The molecule has 0 aromatic heterocycles. The van der Waals surface area contributed by atoms with E-state index in [1.54, 1.807) is 24.3 Å². The number of hydrogen-bond donors (Lipinski definition) is 2. The molecule has 2 N–H and O–H groups in total. The van der Waals surface area contributed by atoms with Crippen molar-refractivity contribution in [3.05, 3.63) is 59.9 Å². The van der Waals surface area contributed by atoms with E-state index in [0.29, 0.717) is 50.6 Å². The van der Waals surface area contributed by atoms with Crippen LogP contribution in [-0.4, -0.2) is 56.0 Å². The van der Waals surface area contributed by atoms with Gasteiger partial charge in [0.15, 0.2) is 6.54 Å². The van der Waals surface area contributed by atoms with Gasteiger partial charge in [-0.3, -0.25) is 9.59 Å². The summed E-state index contributed by atoms with van der Waals surface area (Å²) in [6.45, 7) is 5.75. The molecule has 1 aliphatic rings. The molecule has 1 heterocycles. The molecule has 2 aromatic carbocycles. The molecule has 0 unspecified atom stereocenters. The number of nitrogens with one attached hydrogen (secondary N) is 2. The third-order valence-electron chi connectivity index (χ3n) is 5.16. The van der Waals surface area contributed by atoms with Crippen molar-refractivity contribution in [2.24, 2.45) is 0 Å². The number of unbranched alkanes of at least 4 members (excludes halogenated alkanes) is 1. The Labute approximate surface area is 176 Å². The Bertz CT molecular complexity index is 832. The number of amides is 2. The predicted octanol–water partition coefficient (Wildman–Crippen LogP) is 1.98. The van der Waals surface area contributed by atoms with E-state index in [9.17, 15) is 14.0 Å². The maximum absolute atomic E-state index is 12.9. The molecular weight excluding hydrogens is 385 g/mol. The van der Waals surface area contributed by atoms with E-state index < -0.39 is 0 Å². The maximum Gasteiger partial charge on any atom is 0.279 e. The molecule has 0 spiro atoms. The van der Waals surface area contributed by atoms with Gasteiger partial charge < -0.3 is 19.9 Å². The number of quaternary nitrogens is 1. The minimum Gasteiger partial charge on any atom is -0.494 e. The molecule has 1 aliphatic heterocycles. The molecule has 160 valence electrons. The van der Waals surface area contributed by atoms with Crippen LogP contribution >= 0.6 is 0 Å². The largest absolute Gasteiger partial charge is 0.494 e. The van der Waals surface area contributed by atoms with E-state index in [4.69, 9.17) is 4.74 Å². The molecule has 1 fully saturated rings. The van der Waals surface area contributed by atoms with E-state index in [1.807, 2.05) is 17.0 Å². The van der Waals surface area contributed by atoms with Gasteiger partial charge in [0.2, 0.25) is 0 Å². The van der Waals surface area contributed by atoms with Crippen LogP contribution in [0.1, 0.15) is 30.1 Å². The van der Waals surface area contributed by atoms with Crippen LogP contribution in [0.25, 0.3) is 0 Å². The lowest BCUT2D eigenvalue weighted by Gasteiger charge is -2.32. The second-order valence-electron chi connectivity index (χ2n) is 7.50. The summed E-state index contributed by atoms with van der Waals surface area (Å²) in [5, 5.41) is 2.78. The normalized spacial score (nSPS) is 14.4. The first kappa shape index (κ1) is 21.8. The Morgan fingerprint density at radius 3 is 2.37 bits per heavy atom. The monoisotopic (exact) mass is 414 g/mol. The number of anilines is 1. The van der Waals surface area contributed by atoms with Gasteiger partial charge in [-0.25, -0.2) is 4.39 Å². The van der Waals surface area contributed by atoms with E-state index >= 15 is 0 Å². The molecule has 7 heteroatoms. The molecule has 2 aromatic rings. The van der Waals surface area contributed by atoms with Crippen LogP contribution in [-0.2, 0) is 4.79 Å². The Morgan fingerprint density at radius 1 is 1.07 bits per heavy atom. The van der Waals surface area contributed by atoms with Crippen LogP contribution in [0, 0.1) is 5.82 Å². The van der Waals surface area contributed by atoms with Crippen LogP contribution in [0.5, 0.6) is 5.75 Å². The zero-order chi connectivity index (χ0) is 21.3. The molecule has 6 nitrogen and oxygen atoms in total. The summed E-state index contributed by atoms with van der Waals surface area (Å²) < 4.78 is 18.6. The van der Waals surface area contributed by atoms with Crippen molar-refractivity contribution < 1.29 is 23.6 Å². The minimum absolute atomic E-state index is 0.00456. The molecule has 30 heavy (non-hydrogen) atoms. The zero-order valence-corrected chi connectivity index (χ0v) is 17.3. The van der Waals surface area contributed by atoms with E-state index in [0.717, 1.165) is 23.5 Å². The maximum atomic E-state index is 12.9. The smallest absolute Gasteiger partial charge is 0.279 e. The molecule has 1 saturated heterocycles. The highest BCUT2D eigenvalue weighted by atomic mass is 19.1. The standard InChI is InChI=1S/C23H28FN3O3/c1-2-3-16-30-21-10-4-18(5-11-21)23(29)27-14-12-26(13-15-27)17-22(28)25-20-8-6-19(24)7-9-20/h4-11H,2-3,12-17H2,1H3,(H,25,28)/p+1. The van der Waals surface area contributed by atoms with Crippen LogP contribution in [0.4, 0.5) is 10.1 Å². The zero-order valence-electron chi connectivity index (χ0n) is 17.3. The summed E-state index contributed by atoms with van der Waals surface area (Å²) in [6, 6.07) is 13.0. The van der Waals surface area contributed by atoms with Gasteiger partial charge in [-0.15, -0.1) is 0 Å². The molecule has 0 aliphatic carbocycles. The molecule has 0 saturated carbocycles. The molecule has 0 atom stereocenters. The van der Waals surface area contributed by atoms with Gasteiger partial charge in [-0.05, 0) is 55.0 Å². The van der Waals surface area contributed by atoms with Crippen molar-refractivity contribution in [1.82, 2.24) is 4.90 Å². The Morgan fingerprint density at radius 2 is 1.73 bits per heavy atom. The fraction of sp³-hybridized carbons (Fsp3) is 0.391.